The smallest absolute Gasteiger partial charge is 0.317 e. The van der Waals surface area contributed by atoms with Crippen molar-refractivity contribution < 1.29 is 26.4 Å². The summed E-state index contributed by atoms with van der Waals surface area (Å²) in [7, 11) is -3.31. The van der Waals surface area contributed by atoms with Crippen LogP contribution in [0.2, 0.25) is 0 Å². The molecule has 9 heteroatoms. The Kier molecular flexibility index (Phi) is 8.05. The highest BCUT2D eigenvalue weighted by Crippen LogP contribution is 2.36. The van der Waals surface area contributed by atoms with Crippen LogP contribution in [-0.4, -0.2) is 43.4 Å². The Bertz CT molecular complexity index is 1090. The zero-order chi connectivity index (χ0) is 24.2. The summed E-state index contributed by atoms with van der Waals surface area (Å²) in [6.07, 6.45) is 1.31. The molecule has 0 bridgehead atoms. The van der Waals surface area contributed by atoms with Crippen LogP contribution in [0.5, 0.6) is 0 Å². The molecule has 1 N–H and O–H groups in total. The standard InChI is InChI=1S/C24H29F3N2O3S/c1-3-10-33(31,32)21-7-9-29(23(15-21)22-5-4-18(25)11-16(22)2)24(30)28-8-6-17-12-19(26)14-20(27)13-17/h4-5,11-14,21,23H,3,6-10,15H2,1-2H3,(H,28,30)/t21-,23+/m0/s1. The third-order valence-electron chi connectivity index (χ3n) is 6.01. The topological polar surface area (TPSA) is 66.5 Å². The number of rotatable bonds is 7. The van der Waals surface area contributed by atoms with Gasteiger partial charge in [-0.05, 0) is 73.6 Å². The maximum Gasteiger partial charge on any atom is 0.317 e. The summed E-state index contributed by atoms with van der Waals surface area (Å²) in [5.74, 6) is -1.68. The monoisotopic (exact) mass is 482 g/mol. The highest BCUT2D eigenvalue weighted by atomic mass is 32.2. The number of piperidine rings is 1. The Labute approximate surface area is 192 Å². The van der Waals surface area contributed by atoms with Crippen LogP contribution >= 0.6 is 0 Å². The maximum atomic E-state index is 13.7. The van der Waals surface area contributed by atoms with E-state index in [9.17, 15) is 26.4 Å². The van der Waals surface area contributed by atoms with E-state index in [4.69, 9.17) is 0 Å². The van der Waals surface area contributed by atoms with E-state index in [0.29, 0.717) is 29.5 Å². The average molecular weight is 483 g/mol. The summed E-state index contributed by atoms with van der Waals surface area (Å²) in [5, 5.41) is 2.19. The van der Waals surface area contributed by atoms with E-state index in [0.717, 1.165) is 6.07 Å². The molecule has 2 aromatic carbocycles. The second-order valence-electron chi connectivity index (χ2n) is 8.48. The van der Waals surface area contributed by atoms with Gasteiger partial charge in [0.15, 0.2) is 9.84 Å². The first kappa shape index (κ1) is 25.1. The fourth-order valence-corrected chi connectivity index (χ4v) is 6.27. The van der Waals surface area contributed by atoms with Gasteiger partial charge in [0.2, 0.25) is 0 Å². The minimum absolute atomic E-state index is 0.0865. The summed E-state index contributed by atoms with van der Waals surface area (Å²) in [4.78, 5) is 14.6. The fourth-order valence-electron chi connectivity index (χ4n) is 4.43. The lowest BCUT2D eigenvalue weighted by Crippen LogP contribution is -2.49. The number of urea groups is 1. The molecule has 0 aromatic heterocycles. The largest absolute Gasteiger partial charge is 0.338 e. The lowest BCUT2D eigenvalue weighted by atomic mass is 9.92. The number of hydrogen-bond acceptors (Lipinski definition) is 3. The lowest BCUT2D eigenvalue weighted by molar-refractivity contribution is 0.152. The van der Waals surface area contributed by atoms with Gasteiger partial charge in [0, 0.05) is 19.2 Å². The van der Waals surface area contributed by atoms with Crippen LogP contribution in [-0.2, 0) is 16.3 Å². The Balaban J connectivity index is 1.77. The Morgan fingerprint density at radius 3 is 2.42 bits per heavy atom. The van der Waals surface area contributed by atoms with Crippen molar-refractivity contribution >= 4 is 15.9 Å². The fraction of sp³-hybridized carbons (Fsp3) is 0.458. The van der Waals surface area contributed by atoms with Crippen LogP contribution in [0.3, 0.4) is 0 Å². The summed E-state index contributed by atoms with van der Waals surface area (Å²) in [6.45, 7) is 3.93. The highest BCUT2D eigenvalue weighted by Gasteiger charge is 2.38. The van der Waals surface area contributed by atoms with Crippen LogP contribution in [0.4, 0.5) is 18.0 Å². The molecule has 2 aromatic rings. The Morgan fingerprint density at radius 1 is 1.09 bits per heavy atom. The molecule has 2 atom stereocenters. The molecule has 1 aliphatic rings. The summed E-state index contributed by atoms with van der Waals surface area (Å²) in [6, 6.07) is 6.56. The van der Waals surface area contributed by atoms with Gasteiger partial charge < -0.3 is 10.2 Å². The molecule has 1 aliphatic heterocycles. The van der Waals surface area contributed by atoms with E-state index in [1.807, 2.05) is 6.92 Å². The molecular weight excluding hydrogens is 453 g/mol. The van der Waals surface area contributed by atoms with Crippen molar-refractivity contribution in [2.45, 2.75) is 50.8 Å². The molecule has 0 unspecified atom stereocenters. The van der Waals surface area contributed by atoms with Crippen molar-refractivity contribution in [1.29, 1.82) is 0 Å². The molecule has 0 aliphatic carbocycles. The van der Waals surface area contributed by atoms with Crippen molar-refractivity contribution in [2.24, 2.45) is 0 Å². The van der Waals surface area contributed by atoms with Crippen LogP contribution in [0.1, 0.15) is 48.9 Å². The number of nitrogens with one attached hydrogen (secondary N) is 1. The first-order valence-electron chi connectivity index (χ1n) is 11.1. The van der Waals surface area contributed by atoms with Gasteiger partial charge in [-0.15, -0.1) is 0 Å². The minimum Gasteiger partial charge on any atom is -0.338 e. The zero-order valence-electron chi connectivity index (χ0n) is 18.8. The molecular formula is C24H29F3N2O3S. The van der Waals surface area contributed by atoms with Gasteiger partial charge in [0.1, 0.15) is 17.5 Å². The quantitative estimate of drug-likeness (QED) is 0.622. The average Bonchev–Trinajstić information content (AvgIpc) is 2.72. The molecule has 0 radical (unpaired) electrons. The number of sulfone groups is 1. The Morgan fingerprint density at radius 2 is 1.79 bits per heavy atom. The molecule has 0 spiro atoms. The van der Waals surface area contributed by atoms with E-state index < -0.39 is 44.6 Å². The minimum atomic E-state index is -3.31. The van der Waals surface area contributed by atoms with Gasteiger partial charge >= 0.3 is 6.03 Å². The number of halogens is 3. The number of amides is 2. The van der Waals surface area contributed by atoms with E-state index >= 15 is 0 Å². The van der Waals surface area contributed by atoms with E-state index in [2.05, 4.69) is 5.32 Å². The third kappa shape index (κ3) is 6.28. The number of likely N-dealkylation sites (tertiary alicyclic amines) is 1. The summed E-state index contributed by atoms with van der Waals surface area (Å²) >= 11 is 0. The maximum absolute atomic E-state index is 13.7. The van der Waals surface area contributed by atoms with Crippen molar-refractivity contribution in [2.75, 3.05) is 18.8 Å². The van der Waals surface area contributed by atoms with Crippen LogP contribution in [0.15, 0.2) is 36.4 Å². The number of aryl methyl sites for hydroxylation is 1. The normalized spacial score (nSPS) is 18.9. The first-order valence-corrected chi connectivity index (χ1v) is 12.8. The molecule has 1 saturated heterocycles. The predicted molar refractivity (Wildman–Crippen MR) is 121 cm³/mol. The third-order valence-corrected chi connectivity index (χ3v) is 8.44. The van der Waals surface area contributed by atoms with Gasteiger partial charge in [-0.2, -0.15) is 0 Å². The number of nitrogens with zero attached hydrogens (tertiary/aromatic N) is 1. The molecule has 1 fully saturated rings. The molecule has 1 heterocycles. The van der Waals surface area contributed by atoms with Gasteiger partial charge in [-0.3, -0.25) is 0 Å². The summed E-state index contributed by atoms with van der Waals surface area (Å²) in [5.41, 5.74) is 1.76. The van der Waals surface area contributed by atoms with Crippen molar-refractivity contribution in [1.82, 2.24) is 10.2 Å². The molecule has 3 rings (SSSR count). The summed E-state index contributed by atoms with van der Waals surface area (Å²) < 4.78 is 65.9. The second-order valence-corrected chi connectivity index (χ2v) is 10.9. The van der Waals surface area contributed by atoms with E-state index in [1.165, 1.54) is 24.3 Å². The predicted octanol–water partition coefficient (Wildman–Crippen LogP) is 4.69. The van der Waals surface area contributed by atoms with Gasteiger partial charge in [0.05, 0.1) is 17.0 Å². The van der Waals surface area contributed by atoms with Crippen LogP contribution in [0.25, 0.3) is 0 Å². The number of hydrogen-bond donors (Lipinski definition) is 1. The van der Waals surface area contributed by atoms with Gasteiger partial charge in [0.25, 0.3) is 0 Å². The van der Waals surface area contributed by atoms with Gasteiger partial charge in [-0.25, -0.2) is 26.4 Å². The molecule has 180 valence electrons. The van der Waals surface area contributed by atoms with E-state index in [1.54, 1.807) is 17.9 Å². The van der Waals surface area contributed by atoms with Crippen LogP contribution < -0.4 is 5.32 Å². The number of benzene rings is 2. The number of carbonyl (C=O) groups is 1. The molecule has 33 heavy (non-hydrogen) atoms. The Hall–Kier alpha value is -2.55. The SMILES string of the molecule is CCCS(=O)(=O)[C@H]1CCN(C(=O)NCCc2cc(F)cc(F)c2)[C@@H](c2ccc(F)cc2C)C1. The van der Waals surface area contributed by atoms with Crippen molar-refractivity contribution in [3.8, 4) is 0 Å². The lowest BCUT2D eigenvalue weighted by Gasteiger charge is -2.40. The zero-order valence-corrected chi connectivity index (χ0v) is 19.6. The second kappa shape index (κ2) is 10.6. The first-order chi connectivity index (χ1) is 15.6. The van der Waals surface area contributed by atoms with Crippen molar-refractivity contribution in [3.05, 3.63) is 70.5 Å². The molecule has 2 amide bonds. The molecule has 5 nitrogen and oxygen atoms in total. The highest BCUT2D eigenvalue weighted by molar-refractivity contribution is 7.92. The van der Waals surface area contributed by atoms with Crippen molar-refractivity contribution in [3.63, 3.8) is 0 Å². The number of carbonyl (C=O) groups excluding carboxylic acids is 1. The molecule has 0 saturated carbocycles. The van der Waals surface area contributed by atoms with Crippen LogP contribution in [0, 0.1) is 24.4 Å². The van der Waals surface area contributed by atoms with Gasteiger partial charge in [-0.1, -0.05) is 13.0 Å². The van der Waals surface area contributed by atoms with E-state index in [-0.39, 0.29) is 31.7 Å².